The van der Waals surface area contributed by atoms with Crippen molar-refractivity contribution in [1.29, 1.82) is 0 Å². The molecule has 0 atom stereocenters. The smallest absolute Gasteiger partial charge is 0.225 e. The van der Waals surface area contributed by atoms with Gasteiger partial charge in [0.15, 0.2) is 0 Å². The van der Waals surface area contributed by atoms with Crippen molar-refractivity contribution < 1.29 is 9.59 Å². The third-order valence-corrected chi connectivity index (χ3v) is 6.53. The Kier molecular flexibility index (Phi) is 7.78. The summed E-state index contributed by atoms with van der Waals surface area (Å²) in [5.74, 6) is 1.31. The van der Waals surface area contributed by atoms with E-state index in [1.54, 1.807) is 0 Å². The van der Waals surface area contributed by atoms with Gasteiger partial charge in [0.2, 0.25) is 11.8 Å². The van der Waals surface area contributed by atoms with Gasteiger partial charge in [0, 0.05) is 32.0 Å². The Morgan fingerprint density at radius 3 is 2.23 bits per heavy atom. The molecule has 0 radical (unpaired) electrons. The first-order valence-corrected chi connectivity index (χ1v) is 11.0. The summed E-state index contributed by atoms with van der Waals surface area (Å²) in [6.45, 7) is 6.07. The Balaban J connectivity index is 1.27. The molecule has 148 valence electrons. The quantitative estimate of drug-likeness (QED) is 0.708. The molecule has 0 aromatic carbocycles. The Hall–Kier alpha value is -1.10. The molecule has 5 heteroatoms. The van der Waals surface area contributed by atoms with Gasteiger partial charge in [-0.3, -0.25) is 9.59 Å². The topological polar surface area (TPSA) is 52.7 Å². The Morgan fingerprint density at radius 1 is 0.846 bits per heavy atom. The molecule has 1 N–H and O–H groups in total. The van der Waals surface area contributed by atoms with Crippen LogP contribution in [0.15, 0.2) is 0 Å². The molecule has 0 unspecified atom stereocenters. The normalized spacial score (nSPS) is 23.3. The predicted octanol–water partition coefficient (Wildman–Crippen LogP) is 2.80. The number of carbonyl (C=O) groups excluding carboxylic acids is 2. The second kappa shape index (κ2) is 10.3. The van der Waals surface area contributed by atoms with Gasteiger partial charge in [0.05, 0.1) is 0 Å². The average Bonchev–Trinajstić information content (AvgIpc) is 3.19. The van der Waals surface area contributed by atoms with Crippen LogP contribution in [0.5, 0.6) is 0 Å². The summed E-state index contributed by atoms with van der Waals surface area (Å²) in [5, 5.41) is 3.09. The molecule has 2 saturated heterocycles. The van der Waals surface area contributed by atoms with Crippen LogP contribution < -0.4 is 5.32 Å². The first kappa shape index (κ1) is 19.7. The van der Waals surface area contributed by atoms with Crippen LogP contribution in [0.3, 0.4) is 0 Å². The Labute approximate surface area is 158 Å². The molecule has 3 aliphatic rings. The summed E-state index contributed by atoms with van der Waals surface area (Å²) in [6.07, 6.45) is 12.2. The van der Waals surface area contributed by atoms with Crippen molar-refractivity contribution in [3.8, 4) is 0 Å². The van der Waals surface area contributed by atoms with E-state index in [1.807, 2.05) is 0 Å². The largest absolute Gasteiger partial charge is 0.356 e. The first-order valence-electron chi connectivity index (χ1n) is 11.0. The van der Waals surface area contributed by atoms with Crippen molar-refractivity contribution >= 4 is 11.8 Å². The molecule has 1 aliphatic carbocycles. The number of hydrogen-bond donors (Lipinski definition) is 1. The van der Waals surface area contributed by atoms with E-state index in [0.29, 0.717) is 18.2 Å². The van der Waals surface area contributed by atoms with E-state index in [4.69, 9.17) is 0 Å². The highest BCUT2D eigenvalue weighted by molar-refractivity contribution is 5.79. The second-order valence-corrected chi connectivity index (χ2v) is 8.56. The van der Waals surface area contributed by atoms with Crippen molar-refractivity contribution in [2.75, 3.05) is 39.3 Å². The van der Waals surface area contributed by atoms with Crippen molar-refractivity contribution in [2.45, 2.75) is 70.6 Å². The van der Waals surface area contributed by atoms with Gasteiger partial charge in [-0.1, -0.05) is 19.3 Å². The van der Waals surface area contributed by atoms with Crippen molar-refractivity contribution in [3.05, 3.63) is 0 Å². The number of rotatable bonds is 7. The van der Waals surface area contributed by atoms with Crippen LogP contribution in [0.1, 0.15) is 70.6 Å². The maximum Gasteiger partial charge on any atom is 0.225 e. The maximum absolute atomic E-state index is 12.6. The summed E-state index contributed by atoms with van der Waals surface area (Å²) in [6, 6.07) is 0. The van der Waals surface area contributed by atoms with Gasteiger partial charge in [-0.15, -0.1) is 0 Å². The molecule has 1 saturated carbocycles. The molecule has 0 aromatic rings. The molecule has 2 aliphatic heterocycles. The van der Waals surface area contributed by atoms with Crippen LogP contribution in [0.4, 0.5) is 0 Å². The zero-order chi connectivity index (χ0) is 18.2. The molecule has 0 bridgehead atoms. The fraction of sp³-hybridized carbons (Fsp3) is 0.905. The van der Waals surface area contributed by atoms with Gasteiger partial charge in [-0.25, -0.2) is 0 Å². The van der Waals surface area contributed by atoms with E-state index >= 15 is 0 Å². The fourth-order valence-electron chi connectivity index (χ4n) is 4.84. The number of likely N-dealkylation sites (tertiary alicyclic amines) is 2. The lowest BCUT2D eigenvalue weighted by Gasteiger charge is -2.35. The van der Waals surface area contributed by atoms with Crippen molar-refractivity contribution in [3.63, 3.8) is 0 Å². The Bertz CT molecular complexity index is 448. The number of carbonyl (C=O) groups is 2. The van der Waals surface area contributed by atoms with Crippen LogP contribution in [0, 0.1) is 11.8 Å². The standard InChI is InChI=1S/C21H37N3O2/c25-20(22-11-6-14-23-12-4-5-13-23)17-18-9-15-24(16-10-18)21(26)19-7-2-1-3-8-19/h18-19H,1-17H2,(H,22,25). The van der Waals surface area contributed by atoms with Crippen LogP contribution in [0.25, 0.3) is 0 Å². The third-order valence-electron chi connectivity index (χ3n) is 6.53. The summed E-state index contributed by atoms with van der Waals surface area (Å²) in [5.41, 5.74) is 0. The van der Waals surface area contributed by atoms with Gasteiger partial charge in [-0.2, -0.15) is 0 Å². The summed E-state index contributed by atoms with van der Waals surface area (Å²) < 4.78 is 0. The minimum Gasteiger partial charge on any atom is -0.356 e. The van der Waals surface area contributed by atoms with E-state index in [-0.39, 0.29) is 11.8 Å². The highest BCUT2D eigenvalue weighted by Gasteiger charge is 2.29. The number of amides is 2. The number of piperidine rings is 1. The summed E-state index contributed by atoms with van der Waals surface area (Å²) >= 11 is 0. The fourth-order valence-corrected chi connectivity index (χ4v) is 4.84. The highest BCUT2D eigenvalue weighted by Crippen LogP contribution is 2.28. The van der Waals surface area contributed by atoms with E-state index < -0.39 is 0 Å². The molecule has 0 aromatic heterocycles. The molecule has 26 heavy (non-hydrogen) atoms. The lowest BCUT2D eigenvalue weighted by Crippen LogP contribution is -2.43. The lowest BCUT2D eigenvalue weighted by atomic mass is 9.87. The predicted molar refractivity (Wildman–Crippen MR) is 104 cm³/mol. The molecule has 2 amide bonds. The lowest BCUT2D eigenvalue weighted by molar-refractivity contribution is -0.138. The van der Waals surface area contributed by atoms with E-state index in [2.05, 4.69) is 15.1 Å². The third kappa shape index (κ3) is 5.97. The van der Waals surface area contributed by atoms with E-state index in [0.717, 1.165) is 58.3 Å². The molecular formula is C21H37N3O2. The average molecular weight is 364 g/mol. The van der Waals surface area contributed by atoms with Gasteiger partial charge >= 0.3 is 0 Å². The van der Waals surface area contributed by atoms with Gasteiger partial charge in [-0.05, 0) is 70.5 Å². The first-order chi connectivity index (χ1) is 12.7. The molecule has 2 heterocycles. The van der Waals surface area contributed by atoms with Crippen LogP contribution >= 0.6 is 0 Å². The number of nitrogens with one attached hydrogen (secondary N) is 1. The maximum atomic E-state index is 12.6. The molecular weight excluding hydrogens is 326 g/mol. The van der Waals surface area contributed by atoms with Crippen LogP contribution in [-0.4, -0.2) is 60.9 Å². The second-order valence-electron chi connectivity index (χ2n) is 8.56. The van der Waals surface area contributed by atoms with Gasteiger partial charge < -0.3 is 15.1 Å². The minimum atomic E-state index is 0.198. The van der Waals surface area contributed by atoms with Crippen molar-refractivity contribution in [2.24, 2.45) is 11.8 Å². The van der Waals surface area contributed by atoms with E-state index in [9.17, 15) is 9.59 Å². The Morgan fingerprint density at radius 2 is 1.54 bits per heavy atom. The van der Waals surface area contributed by atoms with Crippen molar-refractivity contribution in [1.82, 2.24) is 15.1 Å². The monoisotopic (exact) mass is 363 g/mol. The van der Waals surface area contributed by atoms with E-state index in [1.165, 1.54) is 45.2 Å². The molecule has 5 nitrogen and oxygen atoms in total. The van der Waals surface area contributed by atoms with Gasteiger partial charge in [0.1, 0.15) is 0 Å². The summed E-state index contributed by atoms with van der Waals surface area (Å²) in [4.78, 5) is 29.3. The van der Waals surface area contributed by atoms with Crippen LogP contribution in [0.2, 0.25) is 0 Å². The molecule has 0 spiro atoms. The summed E-state index contributed by atoms with van der Waals surface area (Å²) in [7, 11) is 0. The zero-order valence-corrected chi connectivity index (χ0v) is 16.4. The molecule has 3 fully saturated rings. The minimum absolute atomic E-state index is 0.198. The van der Waals surface area contributed by atoms with Gasteiger partial charge in [0.25, 0.3) is 0 Å². The zero-order valence-electron chi connectivity index (χ0n) is 16.4. The molecule has 3 rings (SSSR count). The number of nitrogens with zero attached hydrogens (tertiary/aromatic N) is 2. The van der Waals surface area contributed by atoms with Crippen LogP contribution in [-0.2, 0) is 9.59 Å². The SMILES string of the molecule is O=C(CC1CCN(C(=O)C2CCCCC2)CC1)NCCCN1CCCC1. The highest BCUT2D eigenvalue weighted by atomic mass is 16.2. The number of hydrogen-bond acceptors (Lipinski definition) is 3.